The first-order valence-corrected chi connectivity index (χ1v) is 9.02. The first kappa shape index (κ1) is 18.2. The lowest BCUT2D eigenvalue weighted by Crippen LogP contribution is -2.44. The molecule has 0 saturated carbocycles. The quantitative estimate of drug-likeness (QED) is 0.740. The maximum atomic E-state index is 12.6. The van der Waals surface area contributed by atoms with Crippen molar-refractivity contribution in [1.29, 1.82) is 0 Å². The van der Waals surface area contributed by atoms with Gasteiger partial charge in [0.15, 0.2) is 0 Å². The number of urea groups is 1. The molecule has 1 aliphatic rings. The van der Waals surface area contributed by atoms with E-state index in [0.717, 1.165) is 30.8 Å². The van der Waals surface area contributed by atoms with Gasteiger partial charge in [0.2, 0.25) is 0 Å². The highest BCUT2D eigenvalue weighted by atomic mass is 16.5. The number of hydrogen-bond donors (Lipinski definition) is 1. The molecule has 138 valence electrons. The Labute approximate surface area is 154 Å². The lowest BCUT2D eigenvalue weighted by atomic mass is 10.2. The Morgan fingerprint density at radius 3 is 2.77 bits per heavy atom. The fourth-order valence-electron chi connectivity index (χ4n) is 2.92. The smallest absolute Gasteiger partial charge is 0.317 e. The van der Waals surface area contributed by atoms with Gasteiger partial charge in [0.1, 0.15) is 12.4 Å². The molecule has 0 spiro atoms. The van der Waals surface area contributed by atoms with Crippen LogP contribution < -0.4 is 10.1 Å². The molecule has 2 aromatic rings. The summed E-state index contributed by atoms with van der Waals surface area (Å²) in [5.74, 6) is 0.801. The summed E-state index contributed by atoms with van der Waals surface area (Å²) in [7, 11) is 0. The summed E-state index contributed by atoms with van der Waals surface area (Å²) in [6, 6.07) is 13.3. The maximum Gasteiger partial charge on any atom is 0.317 e. The Kier molecular flexibility index (Phi) is 6.84. The average molecular weight is 355 g/mol. The number of rotatable bonds is 8. The molecule has 6 nitrogen and oxygen atoms in total. The number of nitrogens with zero attached hydrogens (tertiary/aromatic N) is 2. The van der Waals surface area contributed by atoms with E-state index in [2.05, 4.69) is 10.3 Å². The van der Waals surface area contributed by atoms with E-state index in [1.165, 1.54) is 0 Å². The third-order valence-corrected chi connectivity index (χ3v) is 4.25. The monoisotopic (exact) mass is 355 g/mol. The molecule has 1 fully saturated rings. The van der Waals surface area contributed by atoms with Crippen molar-refractivity contribution in [3.05, 3.63) is 60.4 Å². The van der Waals surface area contributed by atoms with Gasteiger partial charge >= 0.3 is 6.03 Å². The number of pyridine rings is 1. The van der Waals surface area contributed by atoms with Gasteiger partial charge in [-0.05, 0) is 42.7 Å². The molecule has 0 radical (unpaired) electrons. The highest BCUT2D eigenvalue weighted by molar-refractivity contribution is 5.74. The minimum atomic E-state index is -0.103. The van der Waals surface area contributed by atoms with Crippen molar-refractivity contribution in [3.63, 3.8) is 0 Å². The van der Waals surface area contributed by atoms with Crippen LogP contribution >= 0.6 is 0 Å². The number of carbonyl (C=O) groups is 1. The summed E-state index contributed by atoms with van der Waals surface area (Å²) in [5, 5.41) is 2.94. The van der Waals surface area contributed by atoms with Crippen LogP contribution in [0.15, 0.2) is 54.9 Å². The Morgan fingerprint density at radius 2 is 2.04 bits per heavy atom. The highest BCUT2D eigenvalue weighted by Gasteiger charge is 2.22. The maximum absolute atomic E-state index is 12.6. The van der Waals surface area contributed by atoms with E-state index in [1.54, 1.807) is 17.3 Å². The first-order valence-electron chi connectivity index (χ1n) is 9.02. The van der Waals surface area contributed by atoms with Crippen molar-refractivity contribution in [1.82, 2.24) is 15.2 Å². The summed E-state index contributed by atoms with van der Waals surface area (Å²) in [4.78, 5) is 18.5. The van der Waals surface area contributed by atoms with Crippen LogP contribution in [0.2, 0.25) is 0 Å². The number of amides is 2. The largest absolute Gasteiger partial charge is 0.492 e. The van der Waals surface area contributed by atoms with Gasteiger partial charge in [0, 0.05) is 32.1 Å². The summed E-state index contributed by atoms with van der Waals surface area (Å²) in [5.41, 5.74) is 1.05. The molecule has 0 unspecified atom stereocenters. The summed E-state index contributed by atoms with van der Waals surface area (Å²) in [6.07, 6.45) is 5.65. The van der Waals surface area contributed by atoms with Crippen LogP contribution in [0.1, 0.15) is 18.4 Å². The topological polar surface area (TPSA) is 63.7 Å². The molecule has 26 heavy (non-hydrogen) atoms. The fourth-order valence-corrected chi connectivity index (χ4v) is 2.92. The molecule has 1 N–H and O–H groups in total. The predicted molar refractivity (Wildman–Crippen MR) is 99.0 cm³/mol. The highest BCUT2D eigenvalue weighted by Crippen LogP contribution is 2.15. The van der Waals surface area contributed by atoms with Crippen LogP contribution in [-0.2, 0) is 11.3 Å². The van der Waals surface area contributed by atoms with Crippen molar-refractivity contribution in [2.24, 2.45) is 0 Å². The third kappa shape index (κ3) is 5.74. The minimum Gasteiger partial charge on any atom is -0.492 e. The predicted octanol–water partition coefficient (Wildman–Crippen LogP) is 2.85. The standard InChI is InChI=1S/C20H25N3O3/c24-20(22-12-14-26-18-5-2-1-3-6-18)23(16-19-7-4-13-25-19)15-17-8-10-21-11-9-17/h1-3,5-6,8-11,19H,4,7,12-16H2,(H,22,24)/t19-/m1/s1. The Balaban J connectivity index is 1.50. The van der Waals surface area contributed by atoms with E-state index in [4.69, 9.17) is 9.47 Å². The Bertz CT molecular complexity index is 661. The molecular formula is C20H25N3O3. The van der Waals surface area contributed by atoms with Crippen molar-refractivity contribution in [3.8, 4) is 5.75 Å². The Hall–Kier alpha value is -2.60. The van der Waals surface area contributed by atoms with Crippen LogP contribution in [0.3, 0.4) is 0 Å². The van der Waals surface area contributed by atoms with Gasteiger partial charge in [-0.2, -0.15) is 0 Å². The molecule has 1 saturated heterocycles. The van der Waals surface area contributed by atoms with Gasteiger partial charge < -0.3 is 19.7 Å². The normalized spacial score (nSPS) is 16.2. The average Bonchev–Trinajstić information content (AvgIpc) is 3.19. The molecule has 6 heteroatoms. The molecule has 2 heterocycles. The molecule has 1 aliphatic heterocycles. The minimum absolute atomic E-state index is 0.103. The van der Waals surface area contributed by atoms with Crippen LogP contribution in [0.4, 0.5) is 4.79 Å². The van der Waals surface area contributed by atoms with Gasteiger partial charge in [-0.3, -0.25) is 4.98 Å². The van der Waals surface area contributed by atoms with Crippen LogP contribution in [0.5, 0.6) is 5.75 Å². The van der Waals surface area contributed by atoms with Crippen LogP contribution in [0.25, 0.3) is 0 Å². The van der Waals surface area contributed by atoms with E-state index < -0.39 is 0 Å². The first-order chi connectivity index (χ1) is 12.8. The molecule has 1 aromatic heterocycles. The van der Waals surface area contributed by atoms with E-state index in [0.29, 0.717) is 26.2 Å². The second-order valence-corrected chi connectivity index (χ2v) is 6.26. The number of para-hydroxylation sites is 1. The van der Waals surface area contributed by atoms with Gasteiger partial charge in [-0.25, -0.2) is 4.79 Å². The summed E-state index contributed by atoms with van der Waals surface area (Å²) in [6.45, 7) is 2.78. The second-order valence-electron chi connectivity index (χ2n) is 6.26. The van der Waals surface area contributed by atoms with Gasteiger partial charge in [0.25, 0.3) is 0 Å². The van der Waals surface area contributed by atoms with E-state index in [1.807, 2.05) is 42.5 Å². The summed E-state index contributed by atoms with van der Waals surface area (Å²) >= 11 is 0. The number of carbonyl (C=O) groups excluding carboxylic acids is 1. The number of aromatic nitrogens is 1. The van der Waals surface area contributed by atoms with Crippen LogP contribution in [-0.4, -0.2) is 48.3 Å². The fraction of sp³-hybridized carbons (Fsp3) is 0.400. The number of benzene rings is 1. The van der Waals surface area contributed by atoms with Crippen LogP contribution in [0, 0.1) is 0 Å². The van der Waals surface area contributed by atoms with Gasteiger partial charge in [-0.15, -0.1) is 0 Å². The SMILES string of the molecule is O=C(NCCOc1ccccc1)N(Cc1ccncc1)C[C@H]1CCCO1. The second kappa shape index (κ2) is 9.77. The van der Waals surface area contributed by atoms with Crippen molar-refractivity contribution >= 4 is 6.03 Å². The van der Waals surface area contributed by atoms with Gasteiger partial charge in [-0.1, -0.05) is 18.2 Å². The molecule has 1 aromatic carbocycles. The van der Waals surface area contributed by atoms with Crippen molar-refractivity contribution in [2.45, 2.75) is 25.5 Å². The molecule has 0 bridgehead atoms. The molecule has 0 aliphatic carbocycles. The van der Waals surface area contributed by atoms with E-state index in [9.17, 15) is 4.79 Å². The van der Waals surface area contributed by atoms with Gasteiger partial charge in [0.05, 0.1) is 12.6 Å². The number of nitrogens with one attached hydrogen (secondary N) is 1. The lowest BCUT2D eigenvalue weighted by Gasteiger charge is -2.26. The molecular weight excluding hydrogens is 330 g/mol. The zero-order valence-electron chi connectivity index (χ0n) is 14.8. The third-order valence-electron chi connectivity index (χ3n) is 4.25. The molecule has 3 rings (SSSR count). The van der Waals surface area contributed by atoms with Crippen molar-refractivity contribution < 1.29 is 14.3 Å². The van der Waals surface area contributed by atoms with E-state index in [-0.39, 0.29) is 12.1 Å². The molecule has 1 atom stereocenters. The number of ether oxygens (including phenoxy) is 2. The van der Waals surface area contributed by atoms with E-state index >= 15 is 0 Å². The lowest BCUT2D eigenvalue weighted by molar-refractivity contribution is 0.0793. The summed E-state index contributed by atoms with van der Waals surface area (Å²) < 4.78 is 11.3. The van der Waals surface area contributed by atoms with Crippen molar-refractivity contribution in [2.75, 3.05) is 26.3 Å². The Morgan fingerprint density at radius 1 is 1.23 bits per heavy atom. The zero-order valence-corrected chi connectivity index (χ0v) is 14.8. The molecule has 2 amide bonds. The number of hydrogen-bond acceptors (Lipinski definition) is 4. The zero-order chi connectivity index (χ0) is 18.0.